The fourth-order valence-electron chi connectivity index (χ4n) is 2.17. The number of aromatic nitrogens is 2. The van der Waals surface area contributed by atoms with Gasteiger partial charge in [-0.05, 0) is 19.8 Å². The largest absolute Gasteiger partial charge is 0.476 e. The van der Waals surface area contributed by atoms with Gasteiger partial charge in [0.1, 0.15) is 5.82 Å². The zero-order chi connectivity index (χ0) is 12.3. The van der Waals surface area contributed by atoms with Gasteiger partial charge in [0.2, 0.25) is 0 Å². The summed E-state index contributed by atoms with van der Waals surface area (Å²) in [7, 11) is 0. The van der Waals surface area contributed by atoms with Gasteiger partial charge in [0.25, 0.3) is 0 Å². The molecule has 1 N–H and O–H groups in total. The van der Waals surface area contributed by atoms with Gasteiger partial charge in [0.05, 0.1) is 11.9 Å². The zero-order valence-electron chi connectivity index (χ0n) is 10.0. The summed E-state index contributed by atoms with van der Waals surface area (Å²) in [4.78, 5) is 21.3. The Morgan fingerprint density at radius 3 is 2.47 bits per heavy atom. The van der Waals surface area contributed by atoms with Crippen molar-refractivity contribution in [3.05, 3.63) is 17.6 Å². The van der Waals surface area contributed by atoms with Gasteiger partial charge in [-0.25, -0.2) is 14.8 Å². The highest BCUT2D eigenvalue weighted by molar-refractivity contribution is 5.85. The first-order chi connectivity index (χ1) is 8.18. The molecule has 92 valence electrons. The first kappa shape index (κ1) is 11.8. The van der Waals surface area contributed by atoms with Gasteiger partial charge in [-0.3, -0.25) is 0 Å². The smallest absolute Gasteiger partial charge is 0.356 e. The average molecular weight is 235 g/mol. The van der Waals surface area contributed by atoms with Crippen LogP contribution in [0.25, 0.3) is 0 Å². The predicted octanol–water partition coefficient (Wildman–Crippen LogP) is 1.86. The van der Waals surface area contributed by atoms with Crippen LogP contribution in [0.2, 0.25) is 0 Å². The summed E-state index contributed by atoms with van der Waals surface area (Å²) in [6, 6.07) is 0. The van der Waals surface area contributed by atoms with Crippen molar-refractivity contribution in [3.63, 3.8) is 0 Å². The van der Waals surface area contributed by atoms with Crippen LogP contribution in [0.4, 0.5) is 5.82 Å². The lowest BCUT2D eigenvalue weighted by Gasteiger charge is -2.22. The number of rotatable bonds is 2. The molecule has 1 aliphatic rings. The number of carboxylic acids is 1. The maximum absolute atomic E-state index is 10.8. The first-order valence-electron chi connectivity index (χ1n) is 6.00. The van der Waals surface area contributed by atoms with E-state index in [0.29, 0.717) is 5.69 Å². The topological polar surface area (TPSA) is 66.3 Å². The minimum Gasteiger partial charge on any atom is -0.476 e. The molecule has 0 bridgehead atoms. The van der Waals surface area contributed by atoms with Crippen molar-refractivity contribution in [1.29, 1.82) is 0 Å². The monoisotopic (exact) mass is 235 g/mol. The molecule has 1 aliphatic heterocycles. The lowest BCUT2D eigenvalue weighted by molar-refractivity contribution is 0.0689. The summed E-state index contributed by atoms with van der Waals surface area (Å²) in [5.74, 6) is -0.195. The minimum atomic E-state index is -1.02. The van der Waals surface area contributed by atoms with Gasteiger partial charge >= 0.3 is 5.97 Å². The highest BCUT2D eigenvalue weighted by atomic mass is 16.4. The standard InChI is InChI=1S/C12H17N3O2/c1-9-11(13-8-10(14-9)12(16)17)15-6-4-2-3-5-7-15/h8H,2-7H2,1H3,(H,16,17). The zero-order valence-corrected chi connectivity index (χ0v) is 10.0. The molecule has 1 aromatic heterocycles. The molecule has 5 nitrogen and oxygen atoms in total. The summed E-state index contributed by atoms with van der Waals surface area (Å²) in [6.07, 6.45) is 6.20. The molecule has 0 amide bonds. The molecular weight excluding hydrogens is 218 g/mol. The predicted molar refractivity (Wildman–Crippen MR) is 64.4 cm³/mol. The third-order valence-corrected chi connectivity index (χ3v) is 3.05. The van der Waals surface area contributed by atoms with Crippen LogP contribution in [-0.4, -0.2) is 34.1 Å². The molecule has 0 spiro atoms. The van der Waals surface area contributed by atoms with Crippen LogP contribution in [-0.2, 0) is 0 Å². The van der Waals surface area contributed by atoms with Crippen LogP contribution >= 0.6 is 0 Å². The molecule has 2 heterocycles. The lowest BCUT2D eigenvalue weighted by Crippen LogP contribution is -2.26. The van der Waals surface area contributed by atoms with Crippen molar-refractivity contribution in [1.82, 2.24) is 9.97 Å². The third kappa shape index (κ3) is 2.72. The molecule has 2 rings (SSSR count). The summed E-state index contributed by atoms with van der Waals surface area (Å²) in [6.45, 7) is 3.80. The highest BCUT2D eigenvalue weighted by Gasteiger charge is 2.15. The van der Waals surface area contributed by atoms with E-state index in [1.54, 1.807) is 0 Å². The Morgan fingerprint density at radius 2 is 1.94 bits per heavy atom. The molecule has 17 heavy (non-hydrogen) atoms. The number of carboxylic acid groups (broad SMARTS) is 1. The van der Waals surface area contributed by atoms with Crippen LogP contribution in [0.3, 0.4) is 0 Å². The average Bonchev–Trinajstić information content (AvgIpc) is 2.57. The van der Waals surface area contributed by atoms with E-state index in [4.69, 9.17) is 5.11 Å². The molecule has 5 heteroatoms. The van der Waals surface area contributed by atoms with Crippen molar-refractivity contribution in [2.24, 2.45) is 0 Å². The highest BCUT2D eigenvalue weighted by Crippen LogP contribution is 2.19. The molecule has 1 fully saturated rings. The normalized spacial score (nSPS) is 16.6. The maximum Gasteiger partial charge on any atom is 0.356 e. The van der Waals surface area contributed by atoms with Crippen LogP contribution in [0, 0.1) is 6.92 Å². The van der Waals surface area contributed by atoms with Gasteiger partial charge in [-0.2, -0.15) is 0 Å². The first-order valence-corrected chi connectivity index (χ1v) is 6.00. The van der Waals surface area contributed by atoms with Crippen molar-refractivity contribution in [3.8, 4) is 0 Å². The molecule has 0 unspecified atom stereocenters. The van der Waals surface area contributed by atoms with Gasteiger partial charge < -0.3 is 10.0 Å². The fraction of sp³-hybridized carbons (Fsp3) is 0.583. The van der Waals surface area contributed by atoms with E-state index in [1.165, 1.54) is 31.9 Å². The van der Waals surface area contributed by atoms with Crippen LogP contribution in [0.1, 0.15) is 41.9 Å². The summed E-state index contributed by atoms with van der Waals surface area (Å²) >= 11 is 0. The Hall–Kier alpha value is -1.65. The van der Waals surface area contributed by atoms with Crippen molar-refractivity contribution < 1.29 is 9.90 Å². The molecule has 1 saturated heterocycles. The molecule has 0 aliphatic carbocycles. The molecule has 0 atom stereocenters. The van der Waals surface area contributed by atoms with Crippen molar-refractivity contribution >= 4 is 11.8 Å². The van der Waals surface area contributed by atoms with Gasteiger partial charge in [0.15, 0.2) is 5.69 Å². The number of hydrogen-bond acceptors (Lipinski definition) is 4. The third-order valence-electron chi connectivity index (χ3n) is 3.05. The Labute approximate surface area is 100 Å². The quantitative estimate of drug-likeness (QED) is 0.847. The lowest BCUT2D eigenvalue weighted by atomic mass is 10.2. The Balaban J connectivity index is 2.22. The van der Waals surface area contributed by atoms with E-state index < -0.39 is 5.97 Å². The van der Waals surface area contributed by atoms with E-state index in [-0.39, 0.29) is 5.69 Å². The molecule has 1 aromatic rings. The van der Waals surface area contributed by atoms with Crippen LogP contribution in [0.5, 0.6) is 0 Å². The molecular formula is C12H17N3O2. The number of aryl methyl sites for hydroxylation is 1. The minimum absolute atomic E-state index is 0.0149. The van der Waals surface area contributed by atoms with Crippen molar-refractivity contribution in [2.45, 2.75) is 32.6 Å². The van der Waals surface area contributed by atoms with E-state index >= 15 is 0 Å². The number of hydrogen-bond donors (Lipinski definition) is 1. The second kappa shape index (κ2) is 5.12. The number of anilines is 1. The summed E-state index contributed by atoms with van der Waals surface area (Å²) in [5, 5.41) is 8.84. The van der Waals surface area contributed by atoms with Gasteiger partial charge in [-0.15, -0.1) is 0 Å². The van der Waals surface area contributed by atoms with E-state index in [1.807, 2.05) is 6.92 Å². The summed E-state index contributed by atoms with van der Waals surface area (Å²) in [5.41, 5.74) is 0.716. The summed E-state index contributed by atoms with van der Waals surface area (Å²) < 4.78 is 0. The Bertz CT molecular complexity index is 412. The van der Waals surface area contributed by atoms with Crippen LogP contribution in [0.15, 0.2) is 6.20 Å². The van der Waals surface area contributed by atoms with Gasteiger partial charge in [0, 0.05) is 13.1 Å². The van der Waals surface area contributed by atoms with Crippen LogP contribution < -0.4 is 4.90 Å². The number of nitrogens with zero attached hydrogens (tertiary/aromatic N) is 3. The molecule has 0 radical (unpaired) electrons. The van der Waals surface area contributed by atoms with E-state index in [9.17, 15) is 4.79 Å². The maximum atomic E-state index is 10.8. The number of aromatic carboxylic acids is 1. The van der Waals surface area contributed by atoms with Gasteiger partial charge in [-0.1, -0.05) is 12.8 Å². The second-order valence-corrected chi connectivity index (χ2v) is 4.37. The Kier molecular flexibility index (Phi) is 3.56. The Morgan fingerprint density at radius 1 is 1.29 bits per heavy atom. The van der Waals surface area contributed by atoms with E-state index in [2.05, 4.69) is 14.9 Å². The van der Waals surface area contributed by atoms with Crippen molar-refractivity contribution in [2.75, 3.05) is 18.0 Å². The second-order valence-electron chi connectivity index (χ2n) is 4.37. The number of carbonyl (C=O) groups is 1. The molecule has 0 aromatic carbocycles. The fourth-order valence-corrected chi connectivity index (χ4v) is 2.17. The SMILES string of the molecule is Cc1nc(C(=O)O)cnc1N1CCCCCC1. The van der Waals surface area contributed by atoms with E-state index in [0.717, 1.165) is 18.9 Å². The molecule has 0 saturated carbocycles.